The summed E-state index contributed by atoms with van der Waals surface area (Å²) in [6, 6.07) is 12.1. The van der Waals surface area contributed by atoms with E-state index in [2.05, 4.69) is 16.8 Å². The molecule has 2 heterocycles. The molecule has 156 valence electrons. The minimum Gasteiger partial charge on any atom is -0.459 e. The summed E-state index contributed by atoms with van der Waals surface area (Å²) in [4.78, 5) is 12.8. The Morgan fingerprint density at radius 1 is 1.28 bits per heavy atom. The monoisotopic (exact) mass is 415 g/mol. The zero-order valence-corrected chi connectivity index (χ0v) is 17.6. The summed E-state index contributed by atoms with van der Waals surface area (Å²) in [6.45, 7) is 3.09. The Morgan fingerprint density at radius 2 is 2.10 bits per heavy atom. The number of thiophene rings is 1. The Kier molecular flexibility index (Phi) is 8.28. The van der Waals surface area contributed by atoms with E-state index < -0.39 is 6.29 Å². The van der Waals surface area contributed by atoms with E-state index in [1.165, 1.54) is 5.56 Å². The predicted octanol–water partition coefficient (Wildman–Crippen LogP) is 3.86. The zero-order valence-electron chi connectivity index (χ0n) is 16.8. The number of hydrogen-bond donors (Lipinski definition) is 2. The van der Waals surface area contributed by atoms with Crippen LogP contribution in [0.1, 0.15) is 36.8 Å². The molecular formula is C23H29NO4S. The van der Waals surface area contributed by atoms with Gasteiger partial charge in [0, 0.05) is 31.6 Å². The first-order chi connectivity index (χ1) is 14.2. The van der Waals surface area contributed by atoms with Crippen LogP contribution >= 0.6 is 11.3 Å². The van der Waals surface area contributed by atoms with Gasteiger partial charge in [0.05, 0.1) is 0 Å². The lowest BCUT2D eigenvalue weighted by Gasteiger charge is -2.36. The SMILES string of the molecule is CCO[C@H]1OC(C(=O)NCCc2ccccc2)=C[C@@H](c2ccsc2)[C@H]1CCCO. The molecule has 3 rings (SSSR count). The smallest absolute Gasteiger partial charge is 0.286 e. The van der Waals surface area contributed by atoms with Gasteiger partial charge in [-0.2, -0.15) is 11.3 Å². The van der Waals surface area contributed by atoms with Gasteiger partial charge < -0.3 is 19.9 Å². The number of hydrogen-bond acceptors (Lipinski definition) is 5. The number of nitrogens with one attached hydrogen (secondary N) is 1. The van der Waals surface area contributed by atoms with Crippen molar-refractivity contribution in [3.05, 3.63) is 70.1 Å². The maximum absolute atomic E-state index is 12.8. The third-order valence-electron chi connectivity index (χ3n) is 5.11. The molecule has 1 aliphatic heterocycles. The average Bonchev–Trinajstić information content (AvgIpc) is 3.28. The molecule has 2 N–H and O–H groups in total. The number of allylic oxidation sites excluding steroid dienone is 1. The van der Waals surface area contributed by atoms with Crippen molar-refractivity contribution < 1.29 is 19.4 Å². The molecule has 0 radical (unpaired) electrons. The molecule has 1 aliphatic rings. The normalized spacial score (nSPS) is 21.3. The number of carbonyl (C=O) groups is 1. The first kappa shape index (κ1) is 21.6. The van der Waals surface area contributed by atoms with E-state index in [1.807, 2.05) is 48.7 Å². The molecule has 0 unspecified atom stereocenters. The summed E-state index contributed by atoms with van der Waals surface area (Å²) in [5.74, 6) is 0.171. The van der Waals surface area contributed by atoms with Crippen LogP contribution in [0.15, 0.2) is 59.0 Å². The molecule has 0 bridgehead atoms. The van der Waals surface area contributed by atoms with Crippen molar-refractivity contribution in [3.8, 4) is 0 Å². The molecule has 3 atom stereocenters. The van der Waals surface area contributed by atoms with Gasteiger partial charge in [-0.25, -0.2) is 0 Å². The highest BCUT2D eigenvalue weighted by Gasteiger charge is 2.37. The van der Waals surface area contributed by atoms with Crippen LogP contribution in [-0.2, 0) is 20.7 Å². The van der Waals surface area contributed by atoms with Gasteiger partial charge in [-0.15, -0.1) is 0 Å². The second-order valence-corrected chi connectivity index (χ2v) is 7.86. The average molecular weight is 416 g/mol. The topological polar surface area (TPSA) is 67.8 Å². The highest BCUT2D eigenvalue weighted by Crippen LogP contribution is 2.40. The molecule has 1 aromatic carbocycles. The maximum Gasteiger partial charge on any atom is 0.286 e. The van der Waals surface area contributed by atoms with Crippen molar-refractivity contribution in [2.45, 2.75) is 38.4 Å². The van der Waals surface area contributed by atoms with Crippen LogP contribution in [0.3, 0.4) is 0 Å². The van der Waals surface area contributed by atoms with Gasteiger partial charge in [-0.05, 0) is 60.2 Å². The molecule has 5 nitrogen and oxygen atoms in total. The number of benzene rings is 1. The van der Waals surface area contributed by atoms with Crippen LogP contribution in [0.25, 0.3) is 0 Å². The molecule has 6 heteroatoms. The number of aliphatic hydroxyl groups is 1. The molecule has 0 saturated carbocycles. The molecule has 1 aromatic heterocycles. The Hall–Kier alpha value is -2.15. The quantitative estimate of drug-likeness (QED) is 0.618. The van der Waals surface area contributed by atoms with Crippen LogP contribution in [0.5, 0.6) is 0 Å². The summed E-state index contributed by atoms with van der Waals surface area (Å²) in [5.41, 5.74) is 2.33. The Bertz CT molecular complexity index is 775. The Balaban J connectivity index is 1.72. The minimum absolute atomic E-state index is 0.0213. The Morgan fingerprint density at radius 3 is 2.79 bits per heavy atom. The van der Waals surface area contributed by atoms with Gasteiger partial charge in [0.25, 0.3) is 5.91 Å². The molecule has 0 saturated heterocycles. The molecular weight excluding hydrogens is 386 g/mol. The fourth-order valence-corrected chi connectivity index (χ4v) is 4.37. The predicted molar refractivity (Wildman–Crippen MR) is 115 cm³/mol. The van der Waals surface area contributed by atoms with Crippen molar-refractivity contribution in [1.82, 2.24) is 5.32 Å². The molecule has 1 amide bonds. The van der Waals surface area contributed by atoms with E-state index in [4.69, 9.17) is 9.47 Å². The number of aliphatic hydroxyl groups excluding tert-OH is 1. The van der Waals surface area contributed by atoms with E-state index in [0.717, 1.165) is 18.4 Å². The fraction of sp³-hybridized carbons (Fsp3) is 0.435. The Labute approximate surface area is 176 Å². The number of rotatable bonds is 10. The van der Waals surface area contributed by atoms with Crippen LogP contribution in [0.2, 0.25) is 0 Å². The second kappa shape index (κ2) is 11.1. The number of carbonyl (C=O) groups excluding carboxylic acids is 1. The summed E-state index contributed by atoms with van der Waals surface area (Å²) in [6.07, 6.45) is 3.61. The third kappa shape index (κ3) is 5.92. The van der Waals surface area contributed by atoms with Gasteiger partial charge >= 0.3 is 0 Å². The number of ether oxygens (including phenoxy) is 2. The lowest BCUT2D eigenvalue weighted by Crippen LogP contribution is -2.39. The van der Waals surface area contributed by atoms with Crippen molar-refractivity contribution in [2.75, 3.05) is 19.8 Å². The minimum atomic E-state index is -0.503. The van der Waals surface area contributed by atoms with Crippen molar-refractivity contribution >= 4 is 17.2 Å². The van der Waals surface area contributed by atoms with Crippen molar-refractivity contribution in [2.24, 2.45) is 5.92 Å². The molecule has 2 aromatic rings. The van der Waals surface area contributed by atoms with Crippen molar-refractivity contribution in [3.63, 3.8) is 0 Å². The summed E-state index contributed by atoms with van der Waals surface area (Å²) in [5, 5.41) is 16.4. The van der Waals surface area contributed by atoms with E-state index in [0.29, 0.717) is 25.3 Å². The summed E-state index contributed by atoms with van der Waals surface area (Å²) < 4.78 is 11.8. The van der Waals surface area contributed by atoms with Gasteiger partial charge in [-0.3, -0.25) is 4.79 Å². The highest BCUT2D eigenvalue weighted by molar-refractivity contribution is 7.08. The van der Waals surface area contributed by atoms with E-state index in [1.54, 1.807) is 11.3 Å². The molecule has 0 aliphatic carbocycles. The van der Waals surface area contributed by atoms with Gasteiger partial charge in [-0.1, -0.05) is 30.3 Å². The van der Waals surface area contributed by atoms with Gasteiger partial charge in [0.2, 0.25) is 6.29 Å². The van der Waals surface area contributed by atoms with E-state index in [-0.39, 0.29) is 24.3 Å². The van der Waals surface area contributed by atoms with Crippen LogP contribution < -0.4 is 5.32 Å². The number of amides is 1. The lowest BCUT2D eigenvalue weighted by atomic mass is 9.81. The summed E-state index contributed by atoms with van der Waals surface area (Å²) in [7, 11) is 0. The molecule has 0 spiro atoms. The second-order valence-electron chi connectivity index (χ2n) is 7.08. The highest BCUT2D eigenvalue weighted by atomic mass is 32.1. The molecule has 29 heavy (non-hydrogen) atoms. The van der Waals surface area contributed by atoms with Gasteiger partial charge in [0.15, 0.2) is 5.76 Å². The lowest BCUT2D eigenvalue weighted by molar-refractivity contribution is -0.166. The van der Waals surface area contributed by atoms with E-state index in [9.17, 15) is 9.90 Å². The molecule has 0 fully saturated rings. The van der Waals surface area contributed by atoms with Crippen LogP contribution in [-0.4, -0.2) is 37.1 Å². The van der Waals surface area contributed by atoms with Crippen LogP contribution in [0.4, 0.5) is 0 Å². The summed E-state index contributed by atoms with van der Waals surface area (Å²) >= 11 is 1.63. The first-order valence-electron chi connectivity index (χ1n) is 10.2. The fourth-order valence-electron chi connectivity index (χ4n) is 3.66. The van der Waals surface area contributed by atoms with E-state index >= 15 is 0 Å². The largest absolute Gasteiger partial charge is 0.459 e. The zero-order chi connectivity index (χ0) is 20.5. The van der Waals surface area contributed by atoms with Crippen LogP contribution in [0, 0.1) is 5.92 Å². The maximum atomic E-state index is 12.8. The first-order valence-corrected chi connectivity index (χ1v) is 11.1. The standard InChI is InChI=1S/C23H29NO4S/c1-2-27-23-19(9-6-13-25)20(18-11-14-29-16-18)15-21(28-23)22(26)24-12-10-17-7-4-3-5-8-17/h3-5,7-8,11,14-16,19-20,23,25H,2,6,9-10,12-13H2,1H3,(H,24,26)/t19-,20+,23+/m1/s1. The third-order valence-corrected chi connectivity index (χ3v) is 5.81. The van der Waals surface area contributed by atoms with Gasteiger partial charge in [0.1, 0.15) is 0 Å². The van der Waals surface area contributed by atoms with Crippen molar-refractivity contribution in [1.29, 1.82) is 0 Å².